The number of nitrogens with one attached hydrogen (secondary N) is 2. The van der Waals surface area contributed by atoms with Crippen LogP contribution in [0.25, 0.3) is 11.2 Å². The molecule has 0 aliphatic carbocycles. The van der Waals surface area contributed by atoms with Crippen molar-refractivity contribution in [2.45, 2.75) is 19.6 Å². The summed E-state index contributed by atoms with van der Waals surface area (Å²) in [6.45, 7) is 1.26. The van der Waals surface area contributed by atoms with Crippen LogP contribution in [0.1, 0.15) is 17.5 Å². The number of fused-ring (bicyclic) bond motifs is 1. The Hall–Kier alpha value is -3.64. The smallest absolute Gasteiger partial charge is 0.247 e. The summed E-state index contributed by atoms with van der Waals surface area (Å²) in [6.07, 6.45) is 6.86. The molecule has 0 unspecified atom stereocenters. The van der Waals surface area contributed by atoms with Crippen LogP contribution >= 0.6 is 0 Å². The summed E-state index contributed by atoms with van der Waals surface area (Å²) in [5.74, 6) is 2.70. The van der Waals surface area contributed by atoms with Crippen LogP contribution in [0.2, 0.25) is 0 Å². The fourth-order valence-corrected chi connectivity index (χ4v) is 2.42. The van der Waals surface area contributed by atoms with Gasteiger partial charge in [0.1, 0.15) is 13.2 Å². The first-order valence-electron chi connectivity index (χ1n) is 8.61. The number of carbonyl (C=O) groups excluding carboxylic acids is 1. The van der Waals surface area contributed by atoms with Gasteiger partial charge in [-0.1, -0.05) is 30.2 Å². The van der Waals surface area contributed by atoms with Crippen molar-refractivity contribution in [2.75, 3.05) is 18.9 Å². The van der Waals surface area contributed by atoms with Gasteiger partial charge in [-0.25, -0.2) is 4.98 Å². The molecule has 0 fully saturated rings. The first kappa shape index (κ1) is 19.1. The Balaban J connectivity index is 1.48. The van der Waals surface area contributed by atoms with E-state index in [2.05, 4.69) is 31.2 Å². The van der Waals surface area contributed by atoms with Crippen LogP contribution in [0.5, 0.6) is 5.88 Å². The van der Waals surface area contributed by atoms with E-state index in [1.54, 1.807) is 0 Å². The van der Waals surface area contributed by atoms with Gasteiger partial charge in [-0.15, -0.1) is 6.42 Å². The molecule has 1 amide bonds. The molecule has 0 spiro atoms. The van der Waals surface area contributed by atoms with Crippen LogP contribution in [-0.4, -0.2) is 39.1 Å². The summed E-state index contributed by atoms with van der Waals surface area (Å²) >= 11 is 0. The molecule has 3 rings (SSSR count). The second-order valence-electron chi connectivity index (χ2n) is 5.88. The highest BCUT2D eigenvalue weighted by atomic mass is 16.5. The van der Waals surface area contributed by atoms with Gasteiger partial charge in [0.2, 0.25) is 17.7 Å². The van der Waals surface area contributed by atoms with Crippen molar-refractivity contribution in [3.63, 3.8) is 0 Å². The Morgan fingerprint density at radius 3 is 2.82 bits per heavy atom. The first-order valence-corrected chi connectivity index (χ1v) is 8.61. The van der Waals surface area contributed by atoms with Crippen molar-refractivity contribution >= 4 is 23.0 Å². The lowest BCUT2D eigenvalue weighted by atomic mass is 10.1. The average molecular weight is 380 g/mol. The molecule has 28 heavy (non-hydrogen) atoms. The molecule has 0 saturated heterocycles. The van der Waals surface area contributed by atoms with Crippen LogP contribution in [0.4, 0.5) is 5.95 Å². The number of aromatic nitrogens is 4. The molecule has 1 aromatic carbocycles. The Labute approximate surface area is 161 Å². The molecular weight excluding hydrogens is 360 g/mol. The monoisotopic (exact) mass is 380 g/mol. The van der Waals surface area contributed by atoms with Crippen molar-refractivity contribution in [3.8, 4) is 18.2 Å². The number of hydrogen-bond acceptors (Lipinski definition) is 7. The van der Waals surface area contributed by atoms with E-state index in [1.807, 2.05) is 24.3 Å². The minimum Gasteiger partial charge on any atom is -0.471 e. The molecule has 2 heterocycles. The molecule has 0 saturated carbocycles. The molecule has 9 heteroatoms. The Kier molecular flexibility index (Phi) is 6.38. The Bertz CT molecular complexity index is 977. The number of hydrogen-bond donors (Lipinski definition) is 3. The number of nitrogen functional groups attached to an aromatic ring is 1. The zero-order valence-electron chi connectivity index (χ0n) is 15.1. The zero-order valence-corrected chi connectivity index (χ0v) is 15.1. The van der Waals surface area contributed by atoms with E-state index in [1.165, 1.54) is 6.33 Å². The van der Waals surface area contributed by atoms with Crippen LogP contribution in [0.3, 0.4) is 0 Å². The van der Waals surface area contributed by atoms with Crippen molar-refractivity contribution in [1.29, 1.82) is 0 Å². The molecule has 144 valence electrons. The summed E-state index contributed by atoms with van der Waals surface area (Å²) < 4.78 is 10.8. The highest BCUT2D eigenvalue weighted by molar-refractivity contribution is 5.76. The van der Waals surface area contributed by atoms with Crippen LogP contribution < -0.4 is 15.8 Å². The second kappa shape index (κ2) is 9.34. The molecule has 3 aromatic rings. The molecule has 0 radical (unpaired) electrons. The van der Waals surface area contributed by atoms with Gasteiger partial charge in [0.15, 0.2) is 11.2 Å². The fraction of sp³-hybridized carbons (Fsp3) is 0.263. The van der Waals surface area contributed by atoms with Crippen molar-refractivity contribution in [2.24, 2.45) is 0 Å². The number of anilines is 1. The van der Waals surface area contributed by atoms with Gasteiger partial charge in [-0.05, 0) is 11.1 Å². The lowest BCUT2D eigenvalue weighted by Gasteiger charge is -2.08. The van der Waals surface area contributed by atoms with E-state index in [4.69, 9.17) is 21.6 Å². The average Bonchev–Trinajstić information content (AvgIpc) is 3.17. The second-order valence-corrected chi connectivity index (χ2v) is 5.88. The van der Waals surface area contributed by atoms with Crippen LogP contribution in [0, 0.1) is 12.3 Å². The van der Waals surface area contributed by atoms with Gasteiger partial charge in [0, 0.05) is 6.54 Å². The number of nitrogens with two attached hydrogens (primary N) is 1. The highest BCUT2D eigenvalue weighted by Crippen LogP contribution is 2.20. The minimum atomic E-state index is -0.0891. The van der Waals surface area contributed by atoms with Gasteiger partial charge in [0.05, 0.1) is 19.4 Å². The summed E-state index contributed by atoms with van der Waals surface area (Å²) in [6, 6.07) is 7.69. The van der Waals surface area contributed by atoms with Crippen molar-refractivity contribution < 1.29 is 14.3 Å². The number of imidazole rings is 1. The van der Waals surface area contributed by atoms with E-state index in [-0.39, 0.29) is 24.9 Å². The van der Waals surface area contributed by atoms with Gasteiger partial charge in [0.25, 0.3) is 0 Å². The zero-order chi connectivity index (χ0) is 19.8. The fourth-order valence-electron chi connectivity index (χ4n) is 2.42. The molecule has 0 aliphatic rings. The third kappa shape index (κ3) is 5.18. The molecule has 4 N–H and O–H groups in total. The molecule has 9 nitrogen and oxygen atoms in total. The van der Waals surface area contributed by atoms with E-state index < -0.39 is 0 Å². The normalized spacial score (nSPS) is 10.5. The van der Waals surface area contributed by atoms with Gasteiger partial charge >= 0.3 is 0 Å². The predicted octanol–water partition coefficient (Wildman–Crippen LogP) is 1.17. The molecular formula is C19H20N6O3. The lowest BCUT2D eigenvalue weighted by molar-refractivity contribution is -0.122. The largest absolute Gasteiger partial charge is 0.471 e. The maximum absolute atomic E-state index is 11.7. The first-order chi connectivity index (χ1) is 13.7. The summed E-state index contributed by atoms with van der Waals surface area (Å²) in [7, 11) is 0. The highest BCUT2D eigenvalue weighted by Gasteiger charge is 2.10. The SMILES string of the molecule is C#CCOCCC(=O)NCc1ccc(COc2nc(N)nc3[nH]cnc23)cc1. The Morgan fingerprint density at radius 2 is 2.04 bits per heavy atom. The number of amides is 1. The number of terminal acetylenes is 1. The quantitative estimate of drug-likeness (QED) is 0.375. The van der Waals surface area contributed by atoms with E-state index in [0.29, 0.717) is 36.8 Å². The maximum atomic E-state index is 11.7. The predicted molar refractivity (Wildman–Crippen MR) is 103 cm³/mol. The van der Waals surface area contributed by atoms with E-state index in [0.717, 1.165) is 11.1 Å². The van der Waals surface area contributed by atoms with Crippen molar-refractivity contribution in [3.05, 3.63) is 41.7 Å². The summed E-state index contributed by atoms with van der Waals surface area (Å²) in [5.41, 5.74) is 8.65. The number of ether oxygens (including phenoxy) is 2. The van der Waals surface area contributed by atoms with Gasteiger partial charge in [-0.2, -0.15) is 9.97 Å². The molecule has 2 aromatic heterocycles. The Morgan fingerprint density at radius 1 is 1.25 bits per heavy atom. The number of benzene rings is 1. The number of H-pyrrole nitrogens is 1. The number of nitrogens with zero attached hydrogens (tertiary/aromatic N) is 3. The molecule has 0 bridgehead atoms. The molecule has 0 atom stereocenters. The molecule has 0 aliphatic heterocycles. The lowest BCUT2D eigenvalue weighted by Crippen LogP contribution is -2.23. The summed E-state index contributed by atoms with van der Waals surface area (Å²) in [4.78, 5) is 26.9. The van der Waals surface area contributed by atoms with E-state index >= 15 is 0 Å². The third-order valence-corrected chi connectivity index (χ3v) is 3.81. The standard InChI is InChI=1S/C19H20N6O3/c1-2-8-27-9-7-15(26)21-10-13-3-5-14(6-4-13)11-28-18-16-17(23-12-22-16)24-19(20)25-18/h1,3-6,12H,7-11H2,(H,21,26)(H3,20,22,23,24,25). The number of aromatic amines is 1. The van der Waals surface area contributed by atoms with Crippen LogP contribution in [-0.2, 0) is 22.7 Å². The van der Waals surface area contributed by atoms with E-state index in [9.17, 15) is 4.79 Å². The number of carbonyl (C=O) groups is 1. The van der Waals surface area contributed by atoms with Gasteiger partial charge in [-0.3, -0.25) is 4.79 Å². The minimum absolute atomic E-state index is 0.0891. The topological polar surface area (TPSA) is 128 Å². The van der Waals surface area contributed by atoms with Crippen molar-refractivity contribution in [1.82, 2.24) is 25.3 Å². The maximum Gasteiger partial charge on any atom is 0.247 e. The number of rotatable bonds is 9. The van der Waals surface area contributed by atoms with Crippen LogP contribution in [0.15, 0.2) is 30.6 Å². The summed E-state index contributed by atoms with van der Waals surface area (Å²) in [5, 5.41) is 2.83. The van der Waals surface area contributed by atoms with Gasteiger partial charge < -0.3 is 25.5 Å². The third-order valence-electron chi connectivity index (χ3n) is 3.81.